The number of amides is 1. The second kappa shape index (κ2) is 10.1. The maximum absolute atomic E-state index is 13.0. The Labute approximate surface area is 205 Å². The Bertz CT molecular complexity index is 1000. The molecule has 1 N–H and O–H groups in total. The van der Waals surface area contributed by atoms with E-state index in [-0.39, 0.29) is 12.6 Å². The molecule has 1 aliphatic rings. The first kappa shape index (κ1) is 26.9. The molecule has 8 nitrogen and oxygen atoms in total. The van der Waals surface area contributed by atoms with Crippen molar-refractivity contribution in [2.24, 2.45) is 0 Å². The zero-order chi connectivity index (χ0) is 25.3. The van der Waals surface area contributed by atoms with Gasteiger partial charge in [0.25, 0.3) is 5.91 Å². The second-order valence-electron chi connectivity index (χ2n) is 11.6. The maximum Gasteiger partial charge on any atom is 0.494 e. The number of rotatable bonds is 10. The minimum absolute atomic E-state index is 0.205. The summed E-state index contributed by atoms with van der Waals surface area (Å²) in [5, 5.41) is 2.98. The largest absolute Gasteiger partial charge is 0.494 e. The minimum Gasteiger partial charge on any atom is -0.399 e. The van der Waals surface area contributed by atoms with Gasteiger partial charge >= 0.3 is 7.12 Å². The third-order valence-electron chi connectivity index (χ3n) is 6.56. The van der Waals surface area contributed by atoms with Gasteiger partial charge in [0.15, 0.2) is 0 Å². The molecule has 2 heterocycles. The molecule has 0 radical (unpaired) electrons. The van der Waals surface area contributed by atoms with Crippen molar-refractivity contribution in [3.8, 4) is 0 Å². The molecule has 0 unspecified atom stereocenters. The Balaban J connectivity index is 1.87. The highest BCUT2D eigenvalue weighted by molar-refractivity contribution is 6.76. The van der Waals surface area contributed by atoms with Gasteiger partial charge in [-0.3, -0.25) is 9.36 Å². The number of imidazole rings is 1. The summed E-state index contributed by atoms with van der Waals surface area (Å²) in [5.41, 5.74) is 1.61. The molecule has 3 rings (SSSR count). The van der Waals surface area contributed by atoms with Crippen molar-refractivity contribution in [3.63, 3.8) is 0 Å². The van der Waals surface area contributed by atoms with E-state index in [1.165, 1.54) is 0 Å². The predicted molar refractivity (Wildman–Crippen MR) is 140 cm³/mol. The normalized spacial score (nSPS) is 17.6. The Kier molecular flexibility index (Phi) is 7.99. The molecular formula is C24H41BN4O4Si. The predicted octanol–water partition coefficient (Wildman–Crippen LogP) is 2.94. The van der Waals surface area contributed by atoms with Crippen molar-refractivity contribution >= 4 is 37.6 Å². The fraction of sp³-hybridized carbons (Fsp3) is 0.667. The van der Waals surface area contributed by atoms with E-state index >= 15 is 0 Å². The van der Waals surface area contributed by atoms with Crippen LogP contribution in [0.3, 0.4) is 0 Å². The molecule has 1 aromatic heterocycles. The molecule has 1 saturated heterocycles. The lowest BCUT2D eigenvalue weighted by molar-refractivity contribution is 0.00578. The summed E-state index contributed by atoms with van der Waals surface area (Å²) in [6.07, 6.45) is 0. The summed E-state index contributed by atoms with van der Waals surface area (Å²) in [5.74, 6) is 0.150. The zero-order valence-electron chi connectivity index (χ0n) is 22.3. The van der Waals surface area contributed by atoms with Crippen molar-refractivity contribution in [3.05, 3.63) is 24.0 Å². The van der Waals surface area contributed by atoms with E-state index in [4.69, 9.17) is 19.0 Å². The first-order valence-electron chi connectivity index (χ1n) is 12.1. The number of hydrogen-bond donors (Lipinski definition) is 1. The summed E-state index contributed by atoms with van der Waals surface area (Å²) < 4.78 is 20.3. The van der Waals surface area contributed by atoms with Gasteiger partial charge < -0.3 is 24.3 Å². The summed E-state index contributed by atoms with van der Waals surface area (Å²) >= 11 is 0. The van der Waals surface area contributed by atoms with E-state index < -0.39 is 26.4 Å². The number of ether oxygens (including phenoxy) is 1. The number of benzene rings is 1. The lowest BCUT2D eigenvalue weighted by Gasteiger charge is -2.32. The Morgan fingerprint density at radius 2 is 1.82 bits per heavy atom. The van der Waals surface area contributed by atoms with Gasteiger partial charge in [-0.25, -0.2) is 4.98 Å². The van der Waals surface area contributed by atoms with E-state index in [9.17, 15) is 4.79 Å². The minimum atomic E-state index is -1.20. The monoisotopic (exact) mass is 488 g/mol. The van der Waals surface area contributed by atoms with Gasteiger partial charge in [-0.1, -0.05) is 25.7 Å². The molecule has 1 aliphatic heterocycles. The van der Waals surface area contributed by atoms with Crippen LogP contribution < -0.4 is 10.8 Å². The van der Waals surface area contributed by atoms with E-state index in [0.29, 0.717) is 19.0 Å². The van der Waals surface area contributed by atoms with Gasteiger partial charge in [-0.2, -0.15) is 0 Å². The van der Waals surface area contributed by atoms with Crippen molar-refractivity contribution in [2.75, 3.05) is 33.8 Å². The number of fused-ring (bicyclic) bond motifs is 1. The van der Waals surface area contributed by atoms with Gasteiger partial charge in [0, 0.05) is 27.8 Å². The number of aromatic nitrogens is 2. The van der Waals surface area contributed by atoms with Gasteiger partial charge in [0.05, 0.1) is 22.2 Å². The topological polar surface area (TPSA) is 77.9 Å². The van der Waals surface area contributed by atoms with Crippen LogP contribution >= 0.6 is 0 Å². The highest BCUT2D eigenvalue weighted by Gasteiger charge is 2.51. The third kappa shape index (κ3) is 6.28. The quantitative estimate of drug-likeness (QED) is 0.409. The lowest BCUT2D eigenvalue weighted by atomic mass is 9.79. The number of hydrogen-bond acceptors (Lipinski definition) is 6. The smallest absolute Gasteiger partial charge is 0.399 e. The average Bonchev–Trinajstić information content (AvgIpc) is 3.17. The van der Waals surface area contributed by atoms with E-state index in [0.717, 1.165) is 29.1 Å². The average molecular weight is 489 g/mol. The molecule has 188 valence electrons. The Morgan fingerprint density at radius 1 is 1.18 bits per heavy atom. The van der Waals surface area contributed by atoms with Crippen LogP contribution in [0.1, 0.15) is 38.3 Å². The summed E-state index contributed by atoms with van der Waals surface area (Å²) in [6.45, 7) is 17.4. The maximum atomic E-state index is 13.0. The van der Waals surface area contributed by atoms with E-state index in [1.807, 2.05) is 69.5 Å². The van der Waals surface area contributed by atoms with Crippen LogP contribution in [0.2, 0.25) is 25.7 Å². The third-order valence-corrected chi connectivity index (χ3v) is 8.27. The van der Waals surface area contributed by atoms with Crippen molar-refractivity contribution in [1.82, 2.24) is 19.8 Å². The molecule has 0 spiro atoms. The number of likely N-dealkylation sites (N-methyl/N-ethyl adjacent to an activating group) is 1. The lowest BCUT2D eigenvalue weighted by Crippen LogP contribution is -2.41. The fourth-order valence-corrected chi connectivity index (χ4v) is 4.34. The van der Waals surface area contributed by atoms with Crippen LogP contribution in [-0.2, 0) is 20.8 Å². The molecule has 0 atom stereocenters. The first-order valence-corrected chi connectivity index (χ1v) is 15.8. The van der Waals surface area contributed by atoms with Gasteiger partial charge in [-0.15, -0.1) is 0 Å². The van der Waals surface area contributed by atoms with Crippen LogP contribution in [0.4, 0.5) is 0 Å². The summed E-state index contributed by atoms with van der Waals surface area (Å²) in [7, 11) is 2.27. The molecule has 0 aliphatic carbocycles. The van der Waals surface area contributed by atoms with Gasteiger partial charge in [0.1, 0.15) is 6.73 Å². The summed E-state index contributed by atoms with van der Waals surface area (Å²) in [4.78, 5) is 19.7. The van der Waals surface area contributed by atoms with Crippen LogP contribution in [0, 0.1) is 0 Å². The number of carbonyl (C=O) groups is 1. The van der Waals surface area contributed by atoms with E-state index in [2.05, 4.69) is 25.0 Å². The standard InChI is InChI=1S/C24H41BN4O4Si/c1-23(2)24(3,4)33-25(32-23)18-10-11-20-19(16-18)27-21(22(30)26-12-13-28(5)6)29(20)17-31-14-15-34(7,8)9/h10-11,16H,12-15,17H2,1-9H3,(H,26,30). The first-order chi connectivity index (χ1) is 15.7. The SMILES string of the molecule is CN(C)CCNC(=O)c1nc2cc(B3OC(C)(C)C(C)(C)O3)ccc2n1COCC[Si](C)(C)C. The van der Waals surface area contributed by atoms with Crippen molar-refractivity contribution < 1.29 is 18.8 Å². The van der Waals surface area contributed by atoms with Crippen LogP contribution in [0.5, 0.6) is 0 Å². The molecule has 1 amide bonds. The number of carbonyl (C=O) groups excluding carboxylic acids is 1. The van der Waals surface area contributed by atoms with Crippen LogP contribution in [0.15, 0.2) is 18.2 Å². The molecular weight excluding hydrogens is 447 g/mol. The Morgan fingerprint density at radius 3 is 2.41 bits per heavy atom. The molecule has 0 saturated carbocycles. The highest BCUT2D eigenvalue weighted by atomic mass is 28.3. The molecule has 1 fully saturated rings. The van der Waals surface area contributed by atoms with E-state index in [1.54, 1.807) is 0 Å². The van der Waals surface area contributed by atoms with Crippen LogP contribution in [-0.4, -0.2) is 80.5 Å². The zero-order valence-corrected chi connectivity index (χ0v) is 23.3. The fourth-order valence-electron chi connectivity index (χ4n) is 3.58. The van der Waals surface area contributed by atoms with Crippen molar-refractivity contribution in [2.45, 2.75) is 71.3 Å². The molecule has 34 heavy (non-hydrogen) atoms. The summed E-state index contributed by atoms with van der Waals surface area (Å²) in [6, 6.07) is 6.97. The van der Waals surface area contributed by atoms with Crippen molar-refractivity contribution in [1.29, 1.82) is 0 Å². The molecule has 0 bridgehead atoms. The Hall–Kier alpha value is -1.72. The molecule has 2 aromatic rings. The van der Waals surface area contributed by atoms with Crippen LogP contribution in [0.25, 0.3) is 11.0 Å². The highest BCUT2D eigenvalue weighted by Crippen LogP contribution is 2.36. The van der Waals surface area contributed by atoms with Gasteiger partial charge in [-0.05, 0) is 65.4 Å². The molecule has 10 heteroatoms. The van der Waals surface area contributed by atoms with Gasteiger partial charge in [0.2, 0.25) is 5.82 Å². The second-order valence-corrected chi connectivity index (χ2v) is 17.2. The number of nitrogens with one attached hydrogen (secondary N) is 1. The molecule has 1 aromatic carbocycles. The number of nitrogens with zero attached hydrogens (tertiary/aromatic N) is 3.